The molecule has 1 aliphatic rings. The Kier molecular flexibility index (Phi) is 5.15. The Labute approximate surface area is 186 Å². The van der Waals surface area contributed by atoms with Crippen molar-refractivity contribution in [3.8, 4) is 11.1 Å². The quantitative estimate of drug-likeness (QED) is 0.499. The number of nitrogens with zero attached hydrogens (tertiary/aromatic N) is 2. The molecule has 158 valence electrons. The summed E-state index contributed by atoms with van der Waals surface area (Å²) >= 11 is 0. The zero-order chi connectivity index (χ0) is 22.1. The molecule has 0 bridgehead atoms. The topological polar surface area (TPSA) is 62.3 Å². The van der Waals surface area contributed by atoms with Crippen LogP contribution in [-0.4, -0.2) is 34.8 Å². The number of carbonyl (C=O) groups is 2. The number of pyridine rings is 1. The molecule has 0 radical (unpaired) electrons. The molecule has 4 aromatic rings. The Hall–Kier alpha value is -3.99. The maximum Gasteiger partial charge on any atom is 0.254 e. The van der Waals surface area contributed by atoms with Crippen LogP contribution in [-0.2, 0) is 4.79 Å². The number of nitrogens with one attached hydrogen (secondary N) is 1. The monoisotopic (exact) mass is 421 g/mol. The highest BCUT2D eigenvalue weighted by Crippen LogP contribution is 2.34. The Morgan fingerprint density at radius 3 is 2.41 bits per heavy atom. The first kappa shape index (κ1) is 19.9. The number of benzene rings is 3. The van der Waals surface area contributed by atoms with Gasteiger partial charge in [0.2, 0.25) is 5.91 Å². The molecule has 32 heavy (non-hydrogen) atoms. The highest BCUT2D eigenvalue weighted by Gasteiger charge is 2.32. The molecule has 0 spiro atoms. The van der Waals surface area contributed by atoms with Gasteiger partial charge in [-0.15, -0.1) is 0 Å². The van der Waals surface area contributed by atoms with Crippen LogP contribution < -0.4 is 5.32 Å². The molecule has 2 amide bonds. The molecule has 0 saturated carbocycles. The number of rotatable bonds is 4. The second-order valence-electron chi connectivity index (χ2n) is 8.16. The van der Waals surface area contributed by atoms with E-state index in [2.05, 4.69) is 10.3 Å². The van der Waals surface area contributed by atoms with Crippen LogP contribution in [0.3, 0.4) is 0 Å². The molecule has 1 aliphatic heterocycles. The Balaban J connectivity index is 1.45. The molecular formula is C27H23N3O2. The first-order valence-electron chi connectivity index (χ1n) is 10.7. The van der Waals surface area contributed by atoms with E-state index in [1.165, 1.54) is 12.5 Å². The summed E-state index contributed by atoms with van der Waals surface area (Å²) in [5.41, 5.74) is 4.72. The van der Waals surface area contributed by atoms with Gasteiger partial charge >= 0.3 is 0 Å². The zero-order valence-electron chi connectivity index (χ0n) is 17.8. The molecule has 0 unspecified atom stereocenters. The summed E-state index contributed by atoms with van der Waals surface area (Å²) in [4.78, 5) is 30.7. The largest absolute Gasteiger partial charge is 0.337 e. The normalized spacial score (nSPS) is 13.6. The maximum absolute atomic E-state index is 13.3. The second kappa shape index (κ2) is 8.27. The number of fused-ring (bicyclic) bond motifs is 1. The third-order valence-electron chi connectivity index (χ3n) is 5.99. The van der Waals surface area contributed by atoms with E-state index in [0.717, 1.165) is 46.2 Å². The molecule has 0 atom stereocenters. The van der Waals surface area contributed by atoms with E-state index in [9.17, 15) is 9.59 Å². The fourth-order valence-electron chi connectivity index (χ4n) is 4.37. The van der Waals surface area contributed by atoms with Crippen LogP contribution in [0.15, 0.2) is 85.2 Å². The van der Waals surface area contributed by atoms with Gasteiger partial charge in [0.1, 0.15) is 0 Å². The van der Waals surface area contributed by atoms with Crippen LogP contribution in [0.1, 0.15) is 28.8 Å². The van der Waals surface area contributed by atoms with Gasteiger partial charge in [-0.25, -0.2) is 0 Å². The summed E-state index contributed by atoms with van der Waals surface area (Å²) in [6.45, 7) is 2.94. The number of hydrogen-bond donors (Lipinski definition) is 1. The standard InChI is InChI=1S/C27H23N3O2/c1-18(31)29-22-6-4-5-20(15-22)23-9-10-26(25-8-3-2-7-24(23)25)27(32)30-16-21(17-30)19-11-13-28-14-12-19/h2-15,21H,16-17H2,1H3,(H,29,31). The van der Waals surface area contributed by atoms with Crippen LogP contribution in [0.4, 0.5) is 5.69 Å². The Morgan fingerprint density at radius 2 is 1.66 bits per heavy atom. The number of aromatic nitrogens is 1. The molecule has 1 N–H and O–H groups in total. The zero-order valence-corrected chi connectivity index (χ0v) is 17.8. The van der Waals surface area contributed by atoms with Gasteiger partial charge in [-0.3, -0.25) is 14.6 Å². The Morgan fingerprint density at radius 1 is 0.906 bits per heavy atom. The van der Waals surface area contributed by atoms with Gasteiger partial charge in [-0.05, 0) is 57.8 Å². The van der Waals surface area contributed by atoms with Crippen LogP contribution in [0.25, 0.3) is 21.9 Å². The van der Waals surface area contributed by atoms with Gasteiger partial charge in [0.05, 0.1) is 0 Å². The summed E-state index contributed by atoms with van der Waals surface area (Å²) in [5.74, 6) is 0.321. The molecule has 5 heteroatoms. The van der Waals surface area contributed by atoms with E-state index in [1.54, 1.807) is 12.4 Å². The lowest BCUT2D eigenvalue weighted by Crippen LogP contribution is -2.48. The van der Waals surface area contributed by atoms with Crippen molar-refractivity contribution in [2.75, 3.05) is 18.4 Å². The molecule has 5 nitrogen and oxygen atoms in total. The van der Waals surface area contributed by atoms with E-state index in [4.69, 9.17) is 0 Å². The van der Waals surface area contributed by atoms with Gasteiger partial charge in [0.15, 0.2) is 0 Å². The molecule has 1 aromatic heterocycles. The number of likely N-dealkylation sites (tertiary alicyclic amines) is 1. The SMILES string of the molecule is CC(=O)Nc1cccc(-c2ccc(C(=O)N3CC(c4ccncc4)C3)c3ccccc23)c1. The minimum absolute atomic E-state index is 0.0602. The summed E-state index contributed by atoms with van der Waals surface area (Å²) in [6.07, 6.45) is 3.60. The smallest absolute Gasteiger partial charge is 0.254 e. The van der Waals surface area contributed by atoms with E-state index in [1.807, 2.05) is 77.7 Å². The third-order valence-corrected chi connectivity index (χ3v) is 5.99. The molecule has 1 saturated heterocycles. The van der Waals surface area contributed by atoms with Gasteiger partial charge < -0.3 is 10.2 Å². The number of amides is 2. The van der Waals surface area contributed by atoms with Crippen molar-refractivity contribution in [2.45, 2.75) is 12.8 Å². The van der Waals surface area contributed by atoms with E-state index in [-0.39, 0.29) is 11.8 Å². The van der Waals surface area contributed by atoms with Gasteiger partial charge in [-0.2, -0.15) is 0 Å². The van der Waals surface area contributed by atoms with E-state index >= 15 is 0 Å². The lowest BCUT2D eigenvalue weighted by atomic mass is 9.90. The lowest BCUT2D eigenvalue weighted by molar-refractivity contribution is -0.114. The van der Waals surface area contributed by atoms with Crippen molar-refractivity contribution in [1.82, 2.24) is 9.88 Å². The van der Waals surface area contributed by atoms with Crippen molar-refractivity contribution in [3.63, 3.8) is 0 Å². The minimum atomic E-state index is -0.104. The van der Waals surface area contributed by atoms with Crippen LogP contribution in [0.5, 0.6) is 0 Å². The highest BCUT2D eigenvalue weighted by molar-refractivity contribution is 6.11. The van der Waals surface area contributed by atoms with E-state index < -0.39 is 0 Å². The van der Waals surface area contributed by atoms with Crippen molar-refractivity contribution >= 4 is 28.3 Å². The van der Waals surface area contributed by atoms with E-state index in [0.29, 0.717) is 5.92 Å². The number of carbonyl (C=O) groups excluding carboxylic acids is 2. The van der Waals surface area contributed by atoms with Crippen molar-refractivity contribution in [3.05, 3.63) is 96.3 Å². The predicted molar refractivity (Wildman–Crippen MR) is 127 cm³/mol. The van der Waals surface area contributed by atoms with Crippen LogP contribution in [0, 0.1) is 0 Å². The van der Waals surface area contributed by atoms with Crippen molar-refractivity contribution in [1.29, 1.82) is 0 Å². The summed E-state index contributed by atoms with van der Waals surface area (Å²) in [7, 11) is 0. The summed E-state index contributed by atoms with van der Waals surface area (Å²) in [5, 5.41) is 4.79. The fraction of sp³-hybridized carbons (Fsp3) is 0.148. The first-order chi connectivity index (χ1) is 15.6. The fourth-order valence-corrected chi connectivity index (χ4v) is 4.37. The van der Waals surface area contributed by atoms with Gasteiger partial charge in [0, 0.05) is 49.6 Å². The molecule has 2 heterocycles. The maximum atomic E-state index is 13.3. The third kappa shape index (κ3) is 3.73. The molecule has 3 aromatic carbocycles. The molecule has 1 fully saturated rings. The molecule has 0 aliphatic carbocycles. The van der Waals surface area contributed by atoms with Crippen LogP contribution >= 0.6 is 0 Å². The predicted octanol–water partition coefficient (Wildman–Crippen LogP) is 5.10. The average Bonchev–Trinajstić information content (AvgIpc) is 2.78. The molecule has 5 rings (SSSR count). The highest BCUT2D eigenvalue weighted by atomic mass is 16.2. The number of hydrogen-bond acceptors (Lipinski definition) is 3. The second-order valence-corrected chi connectivity index (χ2v) is 8.16. The Bertz CT molecular complexity index is 1310. The average molecular weight is 422 g/mol. The van der Waals surface area contributed by atoms with Gasteiger partial charge in [0.25, 0.3) is 5.91 Å². The minimum Gasteiger partial charge on any atom is -0.337 e. The first-order valence-corrected chi connectivity index (χ1v) is 10.7. The van der Waals surface area contributed by atoms with Crippen molar-refractivity contribution < 1.29 is 9.59 Å². The summed E-state index contributed by atoms with van der Waals surface area (Å²) < 4.78 is 0. The summed E-state index contributed by atoms with van der Waals surface area (Å²) in [6, 6.07) is 23.7. The molecular weight excluding hydrogens is 398 g/mol. The van der Waals surface area contributed by atoms with Gasteiger partial charge in [-0.1, -0.05) is 42.5 Å². The lowest BCUT2D eigenvalue weighted by Gasteiger charge is -2.39. The van der Waals surface area contributed by atoms with Crippen molar-refractivity contribution in [2.24, 2.45) is 0 Å². The number of anilines is 1. The van der Waals surface area contributed by atoms with Crippen LogP contribution in [0.2, 0.25) is 0 Å².